The second-order valence-corrected chi connectivity index (χ2v) is 5.99. The third-order valence-electron chi connectivity index (χ3n) is 4.00. The number of carbonyl (C=O) groups is 1. The molecule has 0 saturated carbocycles. The van der Waals surface area contributed by atoms with Crippen molar-refractivity contribution in [2.75, 3.05) is 0 Å². The van der Waals surface area contributed by atoms with Gasteiger partial charge in [-0.3, -0.25) is 4.79 Å². The van der Waals surface area contributed by atoms with Crippen molar-refractivity contribution in [2.45, 2.75) is 25.2 Å². The Bertz CT molecular complexity index is 862. The summed E-state index contributed by atoms with van der Waals surface area (Å²) in [5.41, 5.74) is 0.652. The standard InChI is InChI=1S/C19H17F3N4O/c20-19(21,22)16-8-6-14(7-9-16)12-18(27)25-17(13-26-23-10-11-24-26)15-4-2-1-3-5-15/h1-11,17H,12-13H2,(H,25,27). The Morgan fingerprint density at radius 1 is 1.00 bits per heavy atom. The van der Waals surface area contributed by atoms with Gasteiger partial charge in [0, 0.05) is 0 Å². The van der Waals surface area contributed by atoms with Crippen molar-refractivity contribution in [3.8, 4) is 0 Å². The molecule has 0 saturated heterocycles. The van der Waals surface area contributed by atoms with Crippen molar-refractivity contribution in [3.63, 3.8) is 0 Å². The van der Waals surface area contributed by atoms with Gasteiger partial charge in [-0.15, -0.1) is 0 Å². The third kappa shape index (κ3) is 5.16. The van der Waals surface area contributed by atoms with Gasteiger partial charge in [0.15, 0.2) is 0 Å². The smallest absolute Gasteiger partial charge is 0.347 e. The van der Waals surface area contributed by atoms with Gasteiger partial charge < -0.3 is 5.32 Å². The number of nitrogens with one attached hydrogen (secondary N) is 1. The first kappa shape index (κ1) is 18.6. The van der Waals surface area contributed by atoms with Crippen LogP contribution in [0.3, 0.4) is 0 Å². The molecule has 5 nitrogen and oxygen atoms in total. The van der Waals surface area contributed by atoms with Crippen molar-refractivity contribution in [2.24, 2.45) is 0 Å². The summed E-state index contributed by atoms with van der Waals surface area (Å²) in [5, 5.41) is 11.0. The Balaban J connectivity index is 1.69. The van der Waals surface area contributed by atoms with Crippen molar-refractivity contribution < 1.29 is 18.0 Å². The molecular formula is C19H17F3N4O. The molecule has 1 unspecified atom stereocenters. The van der Waals surface area contributed by atoms with E-state index in [0.29, 0.717) is 12.1 Å². The van der Waals surface area contributed by atoms with Crippen molar-refractivity contribution in [1.82, 2.24) is 20.3 Å². The minimum atomic E-state index is -4.39. The van der Waals surface area contributed by atoms with Crippen LogP contribution < -0.4 is 5.32 Å². The van der Waals surface area contributed by atoms with Crippen LogP contribution in [0.1, 0.15) is 22.7 Å². The molecule has 0 fully saturated rings. The van der Waals surface area contributed by atoms with E-state index in [2.05, 4.69) is 15.5 Å². The summed E-state index contributed by atoms with van der Waals surface area (Å²) in [6.45, 7) is 0.343. The molecule has 0 bridgehead atoms. The lowest BCUT2D eigenvalue weighted by Gasteiger charge is -2.19. The van der Waals surface area contributed by atoms with E-state index in [0.717, 1.165) is 17.7 Å². The van der Waals surface area contributed by atoms with Gasteiger partial charge in [-0.2, -0.15) is 28.2 Å². The van der Waals surface area contributed by atoms with Crippen molar-refractivity contribution in [3.05, 3.63) is 83.7 Å². The molecule has 3 aromatic rings. The highest BCUT2D eigenvalue weighted by Crippen LogP contribution is 2.29. The number of hydrogen-bond donors (Lipinski definition) is 1. The summed E-state index contributed by atoms with van der Waals surface area (Å²) in [6, 6.07) is 13.6. The summed E-state index contributed by atoms with van der Waals surface area (Å²) in [4.78, 5) is 13.9. The van der Waals surface area contributed by atoms with Crippen LogP contribution in [0, 0.1) is 0 Å². The van der Waals surface area contributed by atoms with Crippen LogP contribution in [0.15, 0.2) is 67.0 Å². The number of rotatable bonds is 6. The van der Waals surface area contributed by atoms with Gasteiger partial charge in [0.25, 0.3) is 0 Å². The largest absolute Gasteiger partial charge is 0.416 e. The highest BCUT2D eigenvalue weighted by Gasteiger charge is 2.30. The predicted octanol–water partition coefficient (Wildman–Crippen LogP) is 3.40. The van der Waals surface area contributed by atoms with Crippen molar-refractivity contribution in [1.29, 1.82) is 0 Å². The van der Waals surface area contributed by atoms with E-state index in [9.17, 15) is 18.0 Å². The first-order chi connectivity index (χ1) is 12.9. The van der Waals surface area contributed by atoms with Gasteiger partial charge in [-0.1, -0.05) is 42.5 Å². The molecule has 1 heterocycles. The van der Waals surface area contributed by atoms with Crippen LogP contribution in [0.25, 0.3) is 0 Å². The molecule has 1 atom stereocenters. The van der Waals surface area contributed by atoms with Crippen LogP contribution in [-0.2, 0) is 23.9 Å². The van der Waals surface area contributed by atoms with E-state index in [4.69, 9.17) is 0 Å². The minimum Gasteiger partial charge on any atom is -0.347 e. The van der Waals surface area contributed by atoms with Crippen LogP contribution in [0.5, 0.6) is 0 Å². The molecule has 3 rings (SSSR count). The van der Waals surface area contributed by atoms with Gasteiger partial charge in [-0.05, 0) is 23.3 Å². The number of alkyl halides is 3. The summed E-state index contributed by atoms with van der Waals surface area (Å²) in [6.07, 6.45) is -1.32. The van der Waals surface area contributed by atoms with Crippen molar-refractivity contribution >= 4 is 5.91 Å². The average molecular weight is 374 g/mol. The second-order valence-electron chi connectivity index (χ2n) is 5.99. The number of benzene rings is 2. The maximum atomic E-state index is 12.6. The molecule has 1 amide bonds. The zero-order valence-electron chi connectivity index (χ0n) is 14.2. The molecule has 0 aliphatic heterocycles. The van der Waals surface area contributed by atoms with Crippen LogP contribution >= 0.6 is 0 Å². The number of amides is 1. The number of carbonyl (C=O) groups excluding carboxylic acids is 1. The maximum Gasteiger partial charge on any atom is 0.416 e. The minimum absolute atomic E-state index is 0.0198. The average Bonchev–Trinajstić information content (AvgIpc) is 3.15. The fourth-order valence-corrected chi connectivity index (χ4v) is 2.66. The van der Waals surface area contributed by atoms with Crippen LogP contribution in [-0.4, -0.2) is 20.9 Å². The number of halogens is 3. The first-order valence-electron chi connectivity index (χ1n) is 8.26. The third-order valence-corrected chi connectivity index (χ3v) is 4.00. The van der Waals surface area contributed by atoms with Gasteiger partial charge >= 0.3 is 6.18 Å². The van der Waals surface area contributed by atoms with Crippen LogP contribution in [0.4, 0.5) is 13.2 Å². The monoisotopic (exact) mass is 374 g/mol. The van der Waals surface area contributed by atoms with Gasteiger partial charge in [0.05, 0.1) is 37.0 Å². The Morgan fingerprint density at radius 2 is 1.63 bits per heavy atom. The van der Waals surface area contributed by atoms with E-state index in [-0.39, 0.29) is 18.4 Å². The molecule has 0 aliphatic carbocycles. The Hall–Kier alpha value is -3.16. The van der Waals surface area contributed by atoms with E-state index in [1.807, 2.05) is 30.3 Å². The second kappa shape index (κ2) is 8.03. The Kier molecular flexibility index (Phi) is 5.54. The van der Waals surface area contributed by atoms with Gasteiger partial charge in [0.2, 0.25) is 5.91 Å². The van der Waals surface area contributed by atoms with E-state index in [1.54, 1.807) is 12.4 Å². The lowest BCUT2D eigenvalue weighted by Crippen LogP contribution is -2.33. The zero-order valence-corrected chi connectivity index (χ0v) is 14.2. The molecular weight excluding hydrogens is 357 g/mol. The fourth-order valence-electron chi connectivity index (χ4n) is 2.66. The normalized spacial score (nSPS) is 12.6. The van der Waals surface area contributed by atoms with Gasteiger partial charge in [-0.25, -0.2) is 0 Å². The molecule has 1 N–H and O–H groups in total. The predicted molar refractivity (Wildman–Crippen MR) is 92.5 cm³/mol. The molecule has 2 aromatic carbocycles. The molecule has 8 heteroatoms. The molecule has 0 aliphatic rings. The molecule has 27 heavy (non-hydrogen) atoms. The topological polar surface area (TPSA) is 59.8 Å². The lowest BCUT2D eigenvalue weighted by atomic mass is 10.1. The number of hydrogen-bond acceptors (Lipinski definition) is 3. The summed E-state index contributed by atoms with van der Waals surface area (Å²) >= 11 is 0. The van der Waals surface area contributed by atoms with E-state index < -0.39 is 11.7 Å². The zero-order chi connectivity index (χ0) is 19.3. The maximum absolute atomic E-state index is 12.6. The first-order valence-corrected chi connectivity index (χ1v) is 8.26. The SMILES string of the molecule is O=C(Cc1ccc(C(F)(F)F)cc1)NC(Cn1nccn1)c1ccccc1. The molecule has 0 spiro atoms. The molecule has 140 valence electrons. The van der Waals surface area contributed by atoms with E-state index in [1.165, 1.54) is 16.9 Å². The van der Waals surface area contributed by atoms with Gasteiger partial charge in [0.1, 0.15) is 0 Å². The summed E-state index contributed by atoms with van der Waals surface area (Å²) in [7, 11) is 0. The molecule has 1 aromatic heterocycles. The Labute approximate surface area is 153 Å². The highest BCUT2D eigenvalue weighted by atomic mass is 19.4. The van der Waals surface area contributed by atoms with E-state index >= 15 is 0 Å². The molecule has 0 radical (unpaired) electrons. The lowest BCUT2D eigenvalue weighted by molar-refractivity contribution is -0.137. The fraction of sp³-hybridized carbons (Fsp3) is 0.211. The van der Waals surface area contributed by atoms with Crippen LogP contribution in [0.2, 0.25) is 0 Å². The summed E-state index contributed by atoms with van der Waals surface area (Å²) < 4.78 is 37.9. The quantitative estimate of drug-likeness (QED) is 0.719. The summed E-state index contributed by atoms with van der Waals surface area (Å²) in [5.74, 6) is -0.296. The Morgan fingerprint density at radius 3 is 2.22 bits per heavy atom. The highest BCUT2D eigenvalue weighted by molar-refractivity contribution is 5.79. The number of nitrogens with zero attached hydrogens (tertiary/aromatic N) is 3. The number of aromatic nitrogens is 3.